The van der Waals surface area contributed by atoms with E-state index in [0.29, 0.717) is 28.9 Å². The fourth-order valence-corrected chi connectivity index (χ4v) is 4.49. The third kappa shape index (κ3) is 3.40. The van der Waals surface area contributed by atoms with E-state index in [4.69, 9.17) is 4.74 Å². The van der Waals surface area contributed by atoms with Crippen molar-refractivity contribution in [1.82, 2.24) is 24.8 Å². The van der Waals surface area contributed by atoms with Gasteiger partial charge in [0.05, 0.1) is 11.6 Å². The van der Waals surface area contributed by atoms with Gasteiger partial charge in [0, 0.05) is 37.4 Å². The van der Waals surface area contributed by atoms with Crippen molar-refractivity contribution in [2.75, 3.05) is 6.54 Å². The van der Waals surface area contributed by atoms with Crippen LogP contribution in [0, 0.1) is 19.8 Å². The van der Waals surface area contributed by atoms with Crippen LogP contribution in [0.25, 0.3) is 11.5 Å². The molecular weight excluding hydrogens is 378 g/mol. The molecule has 1 saturated carbocycles. The lowest BCUT2D eigenvalue weighted by Gasteiger charge is -2.33. The van der Waals surface area contributed by atoms with Gasteiger partial charge >= 0.3 is 0 Å². The summed E-state index contributed by atoms with van der Waals surface area (Å²) in [6, 6.07) is 7.55. The summed E-state index contributed by atoms with van der Waals surface area (Å²) in [5.41, 5.74) is 3.08. The van der Waals surface area contributed by atoms with Gasteiger partial charge in [0.1, 0.15) is 11.8 Å². The summed E-state index contributed by atoms with van der Waals surface area (Å²) in [6.07, 6.45) is 8.73. The Morgan fingerprint density at radius 1 is 1.03 bits per heavy atom. The number of piperidine rings is 1. The van der Waals surface area contributed by atoms with Gasteiger partial charge < -0.3 is 9.64 Å². The first-order chi connectivity index (χ1) is 14.6. The summed E-state index contributed by atoms with van der Waals surface area (Å²) in [5.74, 6) is 1.48. The molecule has 2 aliphatic rings. The van der Waals surface area contributed by atoms with E-state index in [-0.39, 0.29) is 18.1 Å². The Balaban J connectivity index is 1.42. The minimum Gasteiger partial charge on any atom is -0.472 e. The fraction of sp³-hybridized carbons (Fsp3) is 0.348. The Hall–Kier alpha value is -3.35. The van der Waals surface area contributed by atoms with Crippen molar-refractivity contribution in [2.45, 2.75) is 38.8 Å². The fourth-order valence-electron chi connectivity index (χ4n) is 4.49. The third-order valence-corrected chi connectivity index (χ3v) is 5.87. The van der Waals surface area contributed by atoms with E-state index in [1.54, 1.807) is 30.9 Å². The Morgan fingerprint density at radius 2 is 1.83 bits per heavy atom. The average molecular weight is 401 g/mol. The first-order valence-corrected chi connectivity index (χ1v) is 10.2. The molecule has 152 valence electrons. The number of carbonyl (C=O) groups is 1. The minimum absolute atomic E-state index is 0.0358. The third-order valence-electron chi connectivity index (χ3n) is 5.87. The second kappa shape index (κ2) is 7.48. The molecule has 3 atom stereocenters. The van der Waals surface area contributed by atoms with E-state index in [2.05, 4.69) is 19.9 Å². The van der Waals surface area contributed by atoms with Gasteiger partial charge in [-0.25, -0.2) is 15.0 Å². The van der Waals surface area contributed by atoms with Gasteiger partial charge in [0.2, 0.25) is 5.88 Å². The van der Waals surface area contributed by atoms with Gasteiger partial charge in [-0.05, 0) is 55.9 Å². The van der Waals surface area contributed by atoms with Crippen molar-refractivity contribution in [2.24, 2.45) is 5.92 Å². The maximum atomic E-state index is 13.6. The van der Waals surface area contributed by atoms with Crippen molar-refractivity contribution in [1.29, 1.82) is 0 Å². The van der Waals surface area contributed by atoms with Crippen LogP contribution in [0.2, 0.25) is 0 Å². The number of aryl methyl sites for hydroxylation is 2. The highest BCUT2D eigenvalue weighted by molar-refractivity contribution is 5.99. The number of rotatable bonds is 4. The van der Waals surface area contributed by atoms with Crippen LogP contribution in [0.1, 0.15) is 34.3 Å². The van der Waals surface area contributed by atoms with Crippen LogP contribution in [0.4, 0.5) is 0 Å². The quantitative estimate of drug-likeness (QED) is 0.668. The van der Waals surface area contributed by atoms with Crippen LogP contribution in [-0.2, 0) is 0 Å². The number of aromatic nitrogens is 4. The van der Waals surface area contributed by atoms with Gasteiger partial charge in [-0.1, -0.05) is 6.07 Å². The van der Waals surface area contributed by atoms with Gasteiger partial charge in [0.25, 0.3) is 5.91 Å². The monoisotopic (exact) mass is 401 g/mol. The summed E-state index contributed by atoms with van der Waals surface area (Å²) in [6.45, 7) is 4.68. The molecule has 1 aliphatic heterocycles. The van der Waals surface area contributed by atoms with Gasteiger partial charge in [0.15, 0.2) is 5.82 Å². The summed E-state index contributed by atoms with van der Waals surface area (Å²) in [7, 11) is 0. The molecule has 5 rings (SSSR count). The van der Waals surface area contributed by atoms with E-state index in [9.17, 15) is 4.79 Å². The maximum Gasteiger partial charge on any atom is 0.256 e. The summed E-state index contributed by atoms with van der Waals surface area (Å²) in [4.78, 5) is 33.0. The number of fused-ring (bicyclic) bond motifs is 2. The predicted molar refractivity (Wildman–Crippen MR) is 111 cm³/mol. The first kappa shape index (κ1) is 18.7. The minimum atomic E-state index is -0.0444. The smallest absolute Gasteiger partial charge is 0.256 e. The molecule has 7 heteroatoms. The molecule has 2 bridgehead atoms. The lowest BCUT2D eigenvalue weighted by Crippen LogP contribution is -2.47. The van der Waals surface area contributed by atoms with Gasteiger partial charge in [-0.2, -0.15) is 0 Å². The van der Waals surface area contributed by atoms with Crippen LogP contribution in [0.5, 0.6) is 5.88 Å². The molecule has 1 aliphatic carbocycles. The Morgan fingerprint density at radius 3 is 2.57 bits per heavy atom. The van der Waals surface area contributed by atoms with Crippen molar-refractivity contribution in [3.8, 4) is 17.4 Å². The Labute approximate surface area is 175 Å². The van der Waals surface area contributed by atoms with Gasteiger partial charge in [-0.15, -0.1) is 0 Å². The second-order valence-corrected chi connectivity index (χ2v) is 8.17. The molecule has 0 aromatic carbocycles. The SMILES string of the molecule is Cc1ccc(OC2CC3CC2N(C(=O)c2cc(C)cnc2-c2ncccn2)C3)nc1. The van der Waals surface area contributed by atoms with Crippen LogP contribution in [0.15, 0.2) is 49.1 Å². The van der Waals surface area contributed by atoms with E-state index in [1.807, 2.05) is 36.9 Å². The highest BCUT2D eigenvalue weighted by atomic mass is 16.5. The zero-order chi connectivity index (χ0) is 20.7. The Bertz CT molecular complexity index is 1070. The van der Waals surface area contributed by atoms with E-state index >= 15 is 0 Å². The number of hydrogen-bond donors (Lipinski definition) is 0. The maximum absolute atomic E-state index is 13.6. The molecule has 4 heterocycles. The van der Waals surface area contributed by atoms with Crippen molar-refractivity contribution < 1.29 is 9.53 Å². The molecule has 1 saturated heterocycles. The van der Waals surface area contributed by atoms with Crippen LogP contribution >= 0.6 is 0 Å². The molecule has 3 unspecified atom stereocenters. The molecule has 2 fully saturated rings. The molecule has 3 aromatic heterocycles. The molecule has 7 nitrogen and oxygen atoms in total. The highest BCUT2D eigenvalue weighted by Crippen LogP contribution is 2.40. The average Bonchev–Trinajstić information content (AvgIpc) is 3.36. The molecule has 0 spiro atoms. The van der Waals surface area contributed by atoms with Crippen LogP contribution in [0.3, 0.4) is 0 Å². The highest BCUT2D eigenvalue weighted by Gasteiger charge is 2.48. The van der Waals surface area contributed by atoms with Crippen molar-refractivity contribution >= 4 is 5.91 Å². The Kier molecular flexibility index (Phi) is 4.65. The van der Waals surface area contributed by atoms with E-state index in [1.165, 1.54) is 0 Å². The van der Waals surface area contributed by atoms with E-state index in [0.717, 1.165) is 30.5 Å². The zero-order valence-electron chi connectivity index (χ0n) is 17.0. The summed E-state index contributed by atoms with van der Waals surface area (Å²) < 4.78 is 6.17. The van der Waals surface area contributed by atoms with Crippen molar-refractivity contribution in [3.05, 3.63) is 65.7 Å². The van der Waals surface area contributed by atoms with Gasteiger partial charge in [-0.3, -0.25) is 9.78 Å². The predicted octanol–water partition coefficient (Wildman–Crippen LogP) is 3.23. The second-order valence-electron chi connectivity index (χ2n) is 8.17. The molecule has 0 radical (unpaired) electrons. The van der Waals surface area contributed by atoms with Crippen molar-refractivity contribution in [3.63, 3.8) is 0 Å². The number of likely N-dealkylation sites (tertiary alicyclic amines) is 1. The van der Waals surface area contributed by atoms with Crippen LogP contribution in [-0.4, -0.2) is 49.4 Å². The summed E-state index contributed by atoms with van der Waals surface area (Å²) >= 11 is 0. The number of ether oxygens (including phenoxy) is 1. The number of nitrogens with zero attached hydrogens (tertiary/aromatic N) is 5. The number of carbonyl (C=O) groups excluding carboxylic acids is 1. The van der Waals surface area contributed by atoms with Crippen LogP contribution < -0.4 is 4.74 Å². The number of hydrogen-bond acceptors (Lipinski definition) is 6. The largest absolute Gasteiger partial charge is 0.472 e. The molecular formula is C23H23N5O2. The molecule has 0 N–H and O–H groups in total. The molecule has 3 aromatic rings. The normalized spacial score (nSPS) is 22.3. The topological polar surface area (TPSA) is 81.1 Å². The number of amides is 1. The zero-order valence-corrected chi connectivity index (χ0v) is 17.0. The standard InChI is InChI=1S/C23H23N5O2/c1-14-4-5-20(26-11-14)30-19-10-16-9-18(19)28(13-16)23(29)17-8-15(2)12-27-21(17)22-24-6-3-7-25-22/h3-8,11-12,16,18-19H,9-10,13H2,1-2H3. The van der Waals surface area contributed by atoms with E-state index < -0.39 is 0 Å². The lowest BCUT2D eigenvalue weighted by atomic mass is 10.0. The molecule has 30 heavy (non-hydrogen) atoms. The lowest BCUT2D eigenvalue weighted by molar-refractivity contribution is 0.0466. The summed E-state index contributed by atoms with van der Waals surface area (Å²) in [5, 5.41) is 0. The first-order valence-electron chi connectivity index (χ1n) is 10.2. The molecule has 1 amide bonds. The number of pyridine rings is 2.